The number of fused-ring (bicyclic) bond motifs is 1. The zero-order chi connectivity index (χ0) is 15.5. The lowest BCUT2D eigenvalue weighted by atomic mass is 10.1. The van der Waals surface area contributed by atoms with E-state index in [2.05, 4.69) is 54.1 Å². The van der Waals surface area contributed by atoms with Gasteiger partial charge in [-0.25, -0.2) is 4.98 Å². The first-order chi connectivity index (χ1) is 11.4. The first-order valence-corrected chi connectivity index (χ1v) is 7.79. The molecule has 0 aliphatic rings. The third kappa shape index (κ3) is 2.88. The molecule has 0 spiro atoms. The van der Waals surface area contributed by atoms with Gasteiger partial charge in [-0.15, -0.1) is 10.2 Å². The Bertz CT molecular complexity index is 887. The van der Waals surface area contributed by atoms with Crippen LogP contribution in [0.4, 0.5) is 0 Å². The molecule has 0 aliphatic heterocycles. The summed E-state index contributed by atoms with van der Waals surface area (Å²) in [7, 11) is 0. The summed E-state index contributed by atoms with van der Waals surface area (Å²) in [6, 6.07) is 8.34. The number of hydrogen-bond acceptors (Lipinski definition) is 3. The second kappa shape index (κ2) is 6.08. The molecule has 0 saturated carbocycles. The number of H-pyrrole nitrogens is 2. The summed E-state index contributed by atoms with van der Waals surface area (Å²) in [5, 5.41) is 9.62. The van der Waals surface area contributed by atoms with Crippen molar-refractivity contribution < 1.29 is 0 Å². The number of nitrogens with one attached hydrogen (secondary N) is 2. The van der Waals surface area contributed by atoms with Gasteiger partial charge in [0.15, 0.2) is 0 Å². The summed E-state index contributed by atoms with van der Waals surface area (Å²) in [5.41, 5.74) is 3.58. The van der Waals surface area contributed by atoms with Gasteiger partial charge in [0.05, 0.1) is 6.33 Å². The summed E-state index contributed by atoms with van der Waals surface area (Å²) < 4.78 is 2.14. The molecule has 116 valence electrons. The predicted octanol–water partition coefficient (Wildman–Crippen LogP) is 2.71. The van der Waals surface area contributed by atoms with Crippen molar-refractivity contribution in [2.75, 3.05) is 0 Å². The highest BCUT2D eigenvalue weighted by Crippen LogP contribution is 2.20. The minimum Gasteiger partial charge on any atom is -0.361 e. The number of nitrogens with zero attached hydrogens (tertiary/aromatic N) is 4. The van der Waals surface area contributed by atoms with Gasteiger partial charge in [-0.05, 0) is 24.5 Å². The number of hydrogen-bond donors (Lipinski definition) is 2. The van der Waals surface area contributed by atoms with Crippen molar-refractivity contribution in [3.05, 3.63) is 66.4 Å². The highest BCUT2D eigenvalue weighted by atomic mass is 15.3. The average Bonchev–Trinajstić information content (AvgIpc) is 3.31. The van der Waals surface area contributed by atoms with Crippen LogP contribution in [-0.2, 0) is 19.4 Å². The van der Waals surface area contributed by atoms with E-state index >= 15 is 0 Å². The van der Waals surface area contributed by atoms with Crippen molar-refractivity contribution in [1.82, 2.24) is 29.7 Å². The molecule has 0 bridgehead atoms. The molecular weight excluding hydrogens is 288 g/mol. The number of imidazole rings is 1. The lowest BCUT2D eigenvalue weighted by molar-refractivity contribution is 0.613. The Balaban J connectivity index is 1.46. The van der Waals surface area contributed by atoms with Gasteiger partial charge in [-0.3, -0.25) is 0 Å². The average molecular weight is 306 g/mol. The largest absolute Gasteiger partial charge is 0.361 e. The standard InChI is InChI=1S/C17H18N6/c1-2-6-16-15(5-1)13(9-19-16)8-17-22-21-12-23(17)7-3-4-14-10-18-11-20-14/h1-2,5-6,9-12,19H,3-4,7-8H2,(H,18,20). The SMILES string of the molecule is c1ccc2c(Cc3nncn3CCCc3cnc[nH]3)c[nH]c2c1. The molecule has 0 radical (unpaired) electrons. The smallest absolute Gasteiger partial charge is 0.137 e. The van der Waals surface area contributed by atoms with Crippen molar-refractivity contribution in [2.24, 2.45) is 0 Å². The van der Waals surface area contributed by atoms with Gasteiger partial charge < -0.3 is 14.5 Å². The third-order valence-corrected chi connectivity index (χ3v) is 4.12. The molecule has 0 fully saturated rings. The number of rotatable bonds is 6. The van der Waals surface area contributed by atoms with Gasteiger partial charge in [0.25, 0.3) is 0 Å². The van der Waals surface area contributed by atoms with Crippen LogP contribution in [0.25, 0.3) is 10.9 Å². The van der Waals surface area contributed by atoms with Gasteiger partial charge in [0.1, 0.15) is 12.2 Å². The van der Waals surface area contributed by atoms with Gasteiger partial charge in [-0.2, -0.15) is 0 Å². The van der Waals surface area contributed by atoms with Gasteiger partial charge >= 0.3 is 0 Å². The summed E-state index contributed by atoms with van der Waals surface area (Å²) in [4.78, 5) is 10.5. The molecule has 0 saturated heterocycles. The fourth-order valence-electron chi connectivity index (χ4n) is 2.91. The first-order valence-electron chi connectivity index (χ1n) is 7.79. The Morgan fingerprint density at radius 2 is 2.09 bits per heavy atom. The summed E-state index contributed by atoms with van der Waals surface area (Å²) in [5.74, 6) is 0.999. The van der Waals surface area contributed by atoms with Gasteiger partial charge in [-0.1, -0.05) is 18.2 Å². The second-order valence-electron chi connectivity index (χ2n) is 5.66. The molecule has 0 unspecified atom stereocenters. The molecule has 3 heterocycles. The summed E-state index contributed by atoms with van der Waals surface area (Å²) in [6.07, 6.45) is 10.3. The van der Waals surface area contributed by atoms with Crippen LogP contribution in [0.5, 0.6) is 0 Å². The first kappa shape index (κ1) is 13.8. The van der Waals surface area contributed by atoms with E-state index in [0.717, 1.165) is 42.8 Å². The van der Waals surface area contributed by atoms with E-state index in [4.69, 9.17) is 0 Å². The van der Waals surface area contributed by atoms with Crippen molar-refractivity contribution in [3.63, 3.8) is 0 Å². The molecule has 4 aromatic rings. The Hall–Kier alpha value is -2.89. The molecule has 1 aromatic carbocycles. The Kier molecular flexibility index (Phi) is 3.63. The van der Waals surface area contributed by atoms with Crippen LogP contribution < -0.4 is 0 Å². The van der Waals surface area contributed by atoms with Crippen LogP contribution in [0.3, 0.4) is 0 Å². The number of para-hydroxylation sites is 1. The molecule has 4 rings (SSSR count). The fraction of sp³-hybridized carbons (Fsp3) is 0.235. The van der Waals surface area contributed by atoms with E-state index in [9.17, 15) is 0 Å². The Labute approximate surface area is 133 Å². The molecule has 6 nitrogen and oxygen atoms in total. The molecule has 3 aromatic heterocycles. The van der Waals surface area contributed by atoms with Crippen molar-refractivity contribution in [1.29, 1.82) is 0 Å². The maximum Gasteiger partial charge on any atom is 0.137 e. The molecule has 23 heavy (non-hydrogen) atoms. The van der Waals surface area contributed by atoms with Gasteiger partial charge in [0.2, 0.25) is 0 Å². The van der Waals surface area contributed by atoms with E-state index in [0.29, 0.717) is 0 Å². The van der Waals surface area contributed by atoms with Crippen molar-refractivity contribution in [3.8, 4) is 0 Å². The molecular formula is C17H18N6. The van der Waals surface area contributed by atoms with E-state index in [1.165, 1.54) is 10.9 Å². The molecule has 6 heteroatoms. The van der Waals surface area contributed by atoms with Crippen molar-refractivity contribution >= 4 is 10.9 Å². The van der Waals surface area contributed by atoms with E-state index in [-0.39, 0.29) is 0 Å². The molecule has 0 amide bonds. The monoisotopic (exact) mass is 306 g/mol. The Morgan fingerprint density at radius 1 is 1.13 bits per heavy atom. The van der Waals surface area contributed by atoms with Crippen LogP contribution in [0, 0.1) is 0 Å². The zero-order valence-electron chi connectivity index (χ0n) is 12.7. The van der Waals surface area contributed by atoms with Crippen molar-refractivity contribution in [2.45, 2.75) is 25.8 Å². The highest BCUT2D eigenvalue weighted by molar-refractivity contribution is 5.83. The van der Waals surface area contributed by atoms with E-state index in [1.54, 1.807) is 6.33 Å². The lowest BCUT2D eigenvalue weighted by Gasteiger charge is -2.05. The summed E-state index contributed by atoms with van der Waals surface area (Å²) >= 11 is 0. The third-order valence-electron chi connectivity index (χ3n) is 4.12. The number of aromatic nitrogens is 6. The van der Waals surface area contributed by atoms with Crippen LogP contribution in [0.1, 0.15) is 23.5 Å². The van der Waals surface area contributed by atoms with E-state index < -0.39 is 0 Å². The fourth-order valence-corrected chi connectivity index (χ4v) is 2.91. The highest BCUT2D eigenvalue weighted by Gasteiger charge is 2.09. The van der Waals surface area contributed by atoms with Crippen LogP contribution >= 0.6 is 0 Å². The topological polar surface area (TPSA) is 75.2 Å². The summed E-state index contributed by atoms with van der Waals surface area (Å²) in [6.45, 7) is 0.906. The van der Waals surface area contributed by atoms with Crippen LogP contribution in [-0.4, -0.2) is 29.7 Å². The molecule has 2 N–H and O–H groups in total. The minimum absolute atomic E-state index is 0.786. The molecule has 0 atom stereocenters. The predicted molar refractivity (Wildman–Crippen MR) is 88.0 cm³/mol. The number of aromatic amines is 2. The maximum atomic E-state index is 4.29. The van der Waals surface area contributed by atoms with Crippen LogP contribution in [0.2, 0.25) is 0 Å². The quantitative estimate of drug-likeness (QED) is 0.575. The minimum atomic E-state index is 0.786. The Morgan fingerprint density at radius 3 is 3.00 bits per heavy atom. The van der Waals surface area contributed by atoms with Gasteiger partial charge in [0, 0.05) is 42.0 Å². The van der Waals surface area contributed by atoms with E-state index in [1.807, 2.05) is 18.6 Å². The molecule has 0 aliphatic carbocycles. The zero-order valence-corrected chi connectivity index (χ0v) is 12.7. The normalized spacial score (nSPS) is 11.3. The maximum absolute atomic E-state index is 4.29. The lowest BCUT2D eigenvalue weighted by Crippen LogP contribution is -2.05. The second-order valence-corrected chi connectivity index (χ2v) is 5.66. The van der Waals surface area contributed by atoms with Crippen LogP contribution in [0.15, 0.2) is 49.3 Å². The number of benzene rings is 1. The number of aryl methyl sites for hydroxylation is 2.